The number of carbonyl (C=O) groups excluding carboxylic acids is 1. The van der Waals surface area contributed by atoms with Crippen molar-refractivity contribution >= 4 is 21.8 Å². The number of hydrogen-bond donors (Lipinski definition) is 1. The fraction of sp³-hybridized carbons (Fsp3) is 0.800. The summed E-state index contributed by atoms with van der Waals surface area (Å²) in [6, 6.07) is -0.268. The van der Waals surface area contributed by atoms with E-state index in [1.165, 1.54) is 0 Å². The van der Waals surface area contributed by atoms with Crippen molar-refractivity contribution in [2.75, 3.05) is 0 Å². The summed E-state index contributed by atoms with van der Waals surface area (Å²) in [6.45, 7) is 3.22. The number of nitrogens with one attached hydrogen (secondary N) is 1. The van der Waals surface area contributed by atoms with E-state index >= 15 is 0 Å². The van der Waals surface area contributed by atoms with Crippen LogP contribution in [0.2, 0.25) is 0 Å². The first-order chi connectivity index (χ1) is 4.34. The topological polar surface area (TPSA) is 29.1 Å². The highest BCUT2D eigenvalue weighted by Gasteiger charge is 2.34. The Balaban J connectivity index is 3.87. The van der Waals surface area contributed by atoms with E-state index in [1.54, 1.807) is 13.8 Å². The minimum Gasteiger partial charge on any atom is -0.348 e. The lowest BCUT2D eigenvalue weighted by Gasteiger charge is -2.11. The number of amides is 1. The molecule has 0 atom stereocenters. The molecule has 0 spiro atoms. The van der Waals surface area contributed by atoms with Crippen LogP contribution in [0, 0.1) is 0 Å². The van der Waals surface area contributed by atoms with Gasteiger partial charge in [-0.1, -0.05) is 0 Å². The summed E-state index contributed by atoms with van der Waals surface area (Å²) in [7, 11) is 0. The van der Waals surface area contributed by atoms with E-state index in [4.69, 9.17) is 0 Å². The average Bonchev–Trinajstić information content (AvgIpc) is 1.60. The third-order valence-electron chi connectivity index (χ3n) is 0.677. The van der Waals surface area contributed by atoms with Gasteiger partial charge in [-0.15, -0.1) is 0 Å². The summed E-state index contributed by atoms with van der Waals surface area (Å²) in [4.78, 5) is 6.92. The predicted octanol–water partition coefficient (Wildman–Crippen LogP) is 1.50. The lowest BCUT2D eigenvalue weighted by Crippen LogP contribution is -2.39. The SMILES string of the molecule is CC(C)NC(=O)C(F)(F)Br. The maximum absolute atomic E-state index is 12.0. The highest BCUT2D eigenvalue weighted by Crippen LogP contribution is 2.21. The van der Waals surface area contributed by atoms with Gasteiger partial charge >= 0.3 is 10.7 Å². The van der Waals surface area contributed by atoms with Crippen LogP contribution in [0.5, 0.6) is 0 Å². The van der Waals surface area contributed by atoms with Gasteiger partial charge in [0.2, 0.25) is 0 Å². The molecule has 0 fully saturated rings. The Hall–Kier alpha value is -0.190. The van der Waals surface area contributed by atoms with E-state index < -0.39 is 10.7 Å². The predicted molar refractivity (Wildman–Crippen MR) is 37.2 cm³/mol. The monoisotopic (exact) mass is 215 g/mol. The van der Waals surface area contributed by atoms with Crippen molar-refractivity contribution in [3.05, 3.63) is 0 Å². The Bertz CT molecular complexity index is 132. The number of hydrogen-bond acceptors (Lipinski definition) is 1. The Morgan fingerprint density at radius 3 is 2.10 bits per heavy atom. The molecule has 0 aliphatic carbocycles. The van der Waals surface area contributed by atoms with Gasteiger partial charge in [-0.3, -0.25) is 4.79 Å². The van der Waals surface area contributed by atoms with Crippen molar-refractivity contribution in [3.63, 3.8) is 0 Å². The number of alkyl halides is 3. The largest absolute Gasteiger partial charge is 0.377 e. The third-order valence-corrected chi connectivity index (χ3v) is 1.04. The van der Waals surface area contributed by atoms with Gasteiger partial charge in [-0.05, 0) is 13.8 Å². The minimum absolute atomic E-state index is 0.268. The van der Waals surface area contributed by atoms with Crippen molar-refractivity contribution in [3.8, 4) is 0 Å². The van der Waals surface area contributed by atoms with Gasteiger partial charge in [-0.2, -0.15) is 8.78 Å². The Kier molecular flexibility index (Phi) is 3.21. The van der Waals surface area contributed by atoms with E-state index in [2.05, 4.69) is 0 Å². The van der Waals surface area contributed by atoms with Crippen molar-refractivity contribution < 1.29 is 13.6 Å². The third kappa shape index (κ3) is 3.76. The van der Waals surface area contributed by atoms with Crippen LogP contribution in [0.25, 0.3) is 0 Å². The van der Waals surface area contributed by atoms with Gasteiger partial charge in [0.15, 0.2) is 0 Å². The van der Waals surface area contributed by atoms with Gasteiger partial charge in [-0.25, -0.2) is 0 Å². The van der Waals surface area contributed by atoms with Crippen molar-refractivity contribution in [1.82, 2.24) is 5.32 Å². The van der Waals surface area contributed by atoms with Gasteiger partial charge in [0.1, 0.15) is 0 Å². The molecule has 0 aromatic carbocycles. The lowest BCUT2D eigenvalue weighted by molar-refractivity contribution is -0.134. The zero-order valence-electron chi connectivity index (χ0n) is 5.62. The first-order valence-corrected chi connectivity index (χ1v) is 3.51. The summed E-state index contributed by atoms with van der Waals surface area (Å²) >= 11 is 1.93. The molecule has 0 saturated carbocycles. The molecule has 10 heavy (non-hydrogen) atoms. The van der Waals surface area contributed by atoms with E-state index in [9.17, 15) is 13.6 Å². The van der Waals surface area contributed by atoms with E-state index in [0.717, 1.165) is 0 Å². The highest BCUT2D eigenvalue weighted by molar-refractivity contribution is 9.10. The van der Waals surface area contributed by atoms with Crippen LogP contribution < -0.4 is 5.32 Å². The van der Waals surface area contributed by atoms with Crippen LogP contribution in [0.1, 0.15) is 13.8 Å². The molecule has 0 aromatic heterocycles. The quantitative estimate of drug-likeness (QED) is 0.696. The molecule has 0 unspecified atom stereocenters. The van der Waals surface area contributed by atoms with Crippen LogP contribution in [-0.4, -0.2) is 16.8 Å². The fourth-order valence-corrected chi connectivity index (χ4v) is 0.458. The molecule has 0 saturated heterocycles. The molecular formula is C5H8BrF2NO. The normalized spacial score (nSPS) is 11.8. The Morgan fingerprint density at radius 1 is 1.60 bits per heavy atom. The molecule has 0 bridgehead atoms. The molecule has 5 heteroatoms. The molecule has 0 aromatic rings. The molecule has 1 N–H and O–H groups in total. The van der Waals surface area contributed by atoms with Gasteiger partial charge in [0, 0.05) is 22.0 Å². The molecule has 0 rings (SSSR count). The van der Waals surface area contributed by atoms with Crippen LogP contribution in [0.4, 0.5) is 8.78 Å². The summed E-state index contributed by atoms with van der Waals surface area (Å²) in [5, 5.41) is 2.05. The second-order valence-electron chi connectivity index (χ2n) is 2.13. The molecular weight excluding hydrogens is 208 g/mol. The number of halogens is 3. The molecule has 0 aliphatic rings. The highest BCUT2D eigenvalue weighted by atomic mass is 79.9. The first-order valence-electron chi connectivity index (χ1n) is 2.71. The molecule has 0 aliphatic heterocycles. The van der Waals surface area contributed by atoms with Crippen molar-refractivity contribution in [1.29, 1.82) is 0 Å². The summed E-state index contributed by atoms with van der Waals surface area (Å²) in [5.41, 5.74) is 0. The summed E-state index contributed by atoms with van der Waals surface area (Å²) < 4.78 is 24.0. The lowest BCUT2D eigenvalue weighted by atomic mass is 10.4. The second-order valence-corrected chi connectivity index (χ2v) is 3.12. The Morgan fingerprint density at radius 2 is 2.00 bits per heavy atom. The first kappa shape index (κ1) is 9.81. The van der Waals surface area contributed by atoms with Crippen LogP contribution >= 0.6 is 15.9 Å². The van der Waals surface area contributed by atoms with E-state index in [-0.39, 0.29) is 6.04 Å². The number of carbonyl (C=O) groups is 1. The summed E-state index contributed by atoms with van der Waals surface area (Å²) in [5.74, 6) is -1.30. The van der Waals surface area contributed by atoms with Gasteiger partial charge in [0.25, 0.3) is 0 Å². The maximum Gasteiger partial charge on any atom is 0.377 e. The fourth-order valence-electron chi connectivity index (χ4n) is 0.344. The second kappa shape index (κ2) is 3.27. The van der Waals surface area contributed by atoms with Crippen molar-refractivity contribution in [2.45, 2.75) is 24.7 Å². The van der Waals surface area contributed by atoms with E-state index in [0.29, 0.717) is 0 Å². The van der Waals surface area contributed by atoms with Gasteiger partial charge < -0.3 is 5.32 Å². The van der Waals surface area contributed by atoms with Crippen LogP contribution in [0.3, 0.4) is 0 Å². The summed E-state index contributed by atoms with van der Waals surface area (Å²) in [6.07, 6.45) is 0. The maximum atomic E-state index is 12.0. The molecule has 0 radical (unpaired) electrons. The Labute approximate surface area is 66.1 Å². The van der Waals surface area contributed by atoms with E-state index in [1.807, 2.05) is 21.2 Å². The van der Waals surface area contributed by atoms with Gasteiger partial charge in [0.05, 0.1) is 0 Å². The molecule has 2 nitrogen and oxygen atoms in total. The van der Waals surface area contributed by atoms with Crippen LogP contribution in [-0.2, 0) is 4.79 Å². The molecule has 0 heterocycles. The molecule has 60 valence electrons. The zero-order valence-corrected chi connectivity index (χ0v) is 7.21. The van der Waals surface area contributed by atoms with Crippen molar-refractivity contribution in [2.24, 2.45) is 0 Å². The zero-order chi connectivity index (χ0) is 8.36. The smallest absolute Gasteiger partial charge is 0.348 e. The number of rotatable bonds is 2. The average molecular weight is 216 g/mol. The standard InChI is InChI=1S/C5H8BrF2NO/c1-3(2)9-4(10)5(6,7)8/h3H,1-2H3,(H,9,10). The molecule has 1 amide bonds. The minimum atomic E-state index is -3.45. The van der Waals surface area contributed by atoms with Crippen LogP contribution in [0.15, 0.2) is 0 Å².